The lowest BCUT2D eigenvalue weighted by Crippen LogP contribution is -2.40. The van der Waals surface area contributed by atoms with Crippen molar-refractivity contribution in [2.75, 3.05) is 27.4 Å². The topological polar surface area (TPSA) is 127 Å². The highest BCUT2D eigenvalue weighted by atomic mass is 32.1. The molecule has 0 amide bonds. The van der Waals surface area contributed by atoms with E-state index >= 15 is 0 Å². The standard InChI is InChI=1S/C29H26N4O7S/c1-18-25(28(35)40-16-15-38-2)26(22-8-4-5-9-23(22)39-3)32-27(34)24(41-29(32)30-18)17-21-7-6-14-31(21)19-10-12-20(13-11-19)33(36)37/h4-14,17,26H,15-16H2,1-3H3. The van der Waals surface area contributed by atoms with Crippen LogP contribution in [-0.4, -0.2) is 47.5 Å². The summed E-state index contributed by atoms with van der Waals surface area (Å²) in [6, 6.07) is 16.2. The van der Waals surface area contributed by atoms with Gasteiger partial charge in [0, 0.05) is 42.4 Å². The monoisotopic (exact) mass is 574 g/mol. The molecule has 12 heteroatoms. The first-order chi connectivity index (χ1) is 19.8. The van der Waals surface area contributed by atoms with Crippen molar-refractivity contribution in [2.45, 2.75) is 13.0 Å². The molecule has 4 aromatic rings. The molecular weight excluding hydrogens is 548 g/mol. The highest BCUT2D eigenvalue weighted by molar-refractivity contribution is 7.07. The number of hydrogen-bond acceptors (Lipinski definition) is 9. The van der Waals surface area contributed by atoms with Crippen molar-refractivity contribution in [3.8, 4) is 11.4 Å². The second-order valence-corrected chi connectivity index (χ2v) is 10.0. The van der Waals surface area contributed by atoms with Crippen LogP contribution >= 0.6 is 11.3 Å². The molecule has 210 valence electrons. The number of allylic oxidation sites excluding steroid dienone is 1. The maximum absolute atomic E-state index is 14.0. The fraction of sp³-hybridized carbons (Fsp3) is 0.207. The normalized spacial score (nSPS) is 14.9. The number of benzene rings is 2. The number of non-ortho nitro benzene ring substituents is 1. The number of hydrogen-bond donors (Lipinski definition) is 0. The fourth-order valence-corrected chi connectivity index (χ4v) is 5.71. The van der Waals surface area contributed by atoms with E-state index in [0.29, 0.717) is 37.7 Å². The Morgan fingerprint density at radius 2 is 1.85 bits per heavy atom. The van der Waals surface area contributed by atoms with Crippen LogP contribution in [0.5, 0.6) is 5.75 Å². The third-order valence-electron chi connectivity index (χ3n) is 6.59. The Labute approximate surface area is 238 Å². The van der Waals surface area contributed by atoms with Crippen LogP contribution in [0, 0.1) is 10.1 Å². The third-order valence-corrected chi connectivity index (χ3v) is 7.58. The largest absolute Gasteiger partial charge is 0.496 e. The van der Waals surface area contributed by atoms with Gasteiger partial charge in [0.1, 0.15) is 18.4 Å². The van der Waals surface area contributed by atoms with Crippen LogP contribution in [0.25, 0.3) is 11.8 Å². The predicted octanol–water partition coefficient (Wildman–Crippen LogP) is 3.13. The average molecular weight is 575 g/mol. The van der Waals surface area contributed by atoms with E-state index in [0.717, 1.165) is 0 Å². The Morgan fingerprint density at radius 3 is 2.56 bits per heavy atom. The van der Waals surface area contributed by atoms with E-state index < -0.39 is 16.9 Å². The Hall–Kier alpha value is -4.81. The molecule has 11 nitrogen and oxygen atoms in total. The van der Waals surface area contributed by atoms with Gasteiger partial charge in [-0.05, 0) is 43.3 Å². The molecule has 0 aliphatic carbocycles. The van der Waals surface area contributed by atoms with Gasteiger partial charge in [-0.1, -0.05) is 29.5 Å². The quantitative estimate of drug-likeness (QED) is 0.130. The van der Waals surface area contributed by atoms with Gasteiger partial charge in [-0.25, -0.2) is 9.79 Å². The summed E-state index contributed by atoms with van der Waals surface area (Å²) in [5.74, 6) is -0.0865. The molecule has 0 radical (unpaired) electrons. The van der Waals surface area contributed by atoms with Crippen molar-refractivity contribution in [2.24, 2.45) is 4.99 Å². The van der Waals surface area contributed by atoms with Crippen LogP contribution in [0.15, 0.2) is 87.9 Å². The van der Waals surface area contributed by atoms with Gasteiger partial charge in [0.2, 0.25) is 0 Å². The molecule has 1 atom stereocenters. The number of aromatic nitrogens is 2. The Balaban J connectivity index is 1.65. The van der Waals surface area contributed by atoms with Crippen molar-refractivity contribution in [3.63, 3.8) is 0 Å². The van der Waals surface area contributed by atoms with Crippen LogP contribution in [0.4, 0.5) is 5.69 Å². The van der Waals surface area contributed by atoms with E-state index in [2.05, 4.69) is 4.99 Å². The summed E-state index contributed by atoms with van der Waals surface area (Å²) in [6.45, 7) is 1.99. The molecule has 0 bridgehead atoms. The zero-order valence-electron chi connectivity index (χ0n) is 22.5. The summed E-state index contributed by atoms with van der Waals surface area (Å²) in [6.07, 6.45) is 3.54. The number of carbonyl (C=O) groups is 1. The molecular formula is C29H26N4O7S. The highest BCUT2D eigenvalue weighted by Gasteiger charge is 2.35. The van der Waals surface area contributed by atoms with Gasteiger partial charge in [0.25, 0.3) is 11.2 Å². The maximum Gasteiger partial charge on any atom is 0.338 e. The molecule has 0 N–H and O–H groups in total. The summed E-state index contributed by atoms with van der Waals surface area (Å²) >= 11 is 1.20. The Bertz CT molecular complexity index is 1830. The number of esters is 1. The number of fused-ring (bicyclic) bond motifs is 1. The number of methoxy groups -OCH3 is 2. The minimum absolute atomic E-state index is 0.0148. The zero-order chi connectivity index (χ0) is 29.1. The molecule has 2 aromatic carbocycles. The Kier molecular flexibility index (Phi) is 7.95. The molecule has 0 spiro atoms. The summed E-state index contributed by atoms with van der Waals surface area (Å²) in [4.78, 5) is 43.0. The highest BCUT2D eigenvalue weighted by Crippen LogP contribution is 2.35. The van der Waals surface area contributed by atoms with E-state index in [1.54, 1.807) is 37.4 Å². The first kappa shape index (κ1) is 27.7. The molecule has 1 aliphatic rings. The number of thiazole rings is 1. The molecule has 0 fully saturated rings. The number of nitrogens with zero attached hydrogens (tertiary/aromatic N) is 4. The van der Waals surface area contributed by atoms with Crippen molar-refractivity contribution in [1.82, 2.24) is 9.13 Å². The third kappa shape index (κ3) is 5.34. The molecule has 0 saturated carbocycles. The molecule has 1 unspecified atom stereocenters. The van der Waals surface area contributed by atoms with E-state index in [9.17, 15) is 19.7 Å². The number of ether oxygens (including phenoxy) is 3. The lowest BCUT2D eigenvalue weighted by atomic mass is 9.95. The Morgan fingerprint density at radius 1 is 1.10 bits per heavy atom. The van der Waals surface area contributed by atoms with E-state index in [1.165, 1.54) is 42.3 Å². The molecule has 5 rings (SSSR count). The van der Waals surface area contributed by atoms with Crippen LogP contribution < -0.4 is 19.6 Å². The van der Waals surface area contributed by atoms with Crippen LogP contribution in [0.2, 0.25) is 0 Å². The fourth-order valence-electron chi connectivity index (χ4n) is 4.68. The lowest BCUT2D eigenvalue weighted by molar-refractivity contribution is -0.384. The first-order valence-electron chi connectivity index (χ1n) is 12.6. The van der Waals surface area contributed by atoms with Crippen molar-refractivity contribution < 1.29 is 23.9 Å². The second-order valence-electron chi connectivity index (χ2n) is 9.03. The van der Waals surface area contributed by atoms with Gasteiger partial charge in [-0.15, -0.1) is 0 Å². The summed E-state index contributed by atoms with van der Waals surface area (Å²) in [7, 11) is 3.04. The van der Waals surface area contributed by atoms with Crippen molar-refractivity contribution in [1.29, 1.82) is 0 Å². The number of nitro groups is 1. The number of nitro benzene ring substituents is 1. The molecule has 1 aliphatic heterocycles. The smallest absolute Gasteiger partial charge is 0.338 e. The number of rotatable bonds is 9. The average Bonchev–Trinajstić information content (AvgIpc) is 3.56. The molecule has 3 heterocycles. The van der Waals surface area contributed by atoms with Crippen LogP contribution in [0.3, 0.4) is 0 Å². The number of para-hydroxylation sites is 1. The molecule has 0 saturated heterocycles. The van der Waals surface area contributed by atoms with Gasteiger partial charge in [-0.2, -0.15) is 0 Å². The predicted molar refractivity (Wildman–Crippen MR) is 152 cm³/mol. The van der Waals surface area contributed by atoms with Gasteiger partial charge in [-0.3, -0.25) is 19.5 Å². The van der Waals surface area contributed by atoms with Crippen LogP contribution in [-0.2, 0) is 14.3 Å². The second kappa shape index (κ2) is 11.7. The maximum atomic E-state index is 14.0. The summed E-state index contributed by atoms with van der Waals surface area (Å²) < 4.78 is 19.8. The number of carbonyl (C=O) groups excluding carboxylic acids is 1. The van der Waals surface area contributed by atoms with Gasteiger partial charge < -0.3 is 18.8 Å². The molecule has 2 aromatic heterocycles. The zero-order valence-corrected chi connectivity index (χ0v) is 23.3. The summed E-state index contributed by atoms with van der Waals surface area (Å²) in [5.41, 5.74) is 2.32. The van der Waals surface area contributed by atoms with Crippen molar-refractivity contribution >= 4 is 29.1 Å². The van der Waals surface area contributed by atoms with E-state index in [-0.39, 0.29) is 30.0 Å². The van der Waals surface area contributed by atoms with Crippen molar-refractivity contribution in [3.05, 3.63) is 119 Å². The first-order valence-corrected chi connectivity index (χ1v) is 13.4. The SMILES string of the molecule is COCCOC(=O)C1=C(C)N=c2sc(=Cc3cccn3-c3ccc([N+](=O)[O-])cc3)c(=O)n2C1c1ccccc1OC. The minimum Gasteiger partial charge on any atom is -0.496 e. The summed E-state index contributed by atoms with van der Waals surface area (Å²) in [5, 5.41) is 11.1. The minimum atomic E-state index is -0.832. The van der Waals surface area contributed by atoms with Crippen LogP contribution in [0.1, 0.15) is 24.2 Å². The van der Waals surface area contributed by atoms with E-state index in [1.807, 2.05) is 34.9 Å². The lowest BCUT2D eigenvalue weighted by Gasteiger charge is -2.26. The van der Waals surface area contributed by atoms with Gasteiger partial charge >= 0.3 is 5.97 Å². The van der Waals surface area contributed by atoms with Gasteiger partial charge in [0.15, 0.2) is 4.80 Å². The molecule has 41 heavy (non-hydrogen) atoms. The van der Waals surface area contributed by atoms with E-state index in [4.69, 9.17) is 14.2 Å². The van der Waals surface area contributed by atoms with Gasteiger partial charge in [0.05, 0.1) is 34.4 Å².